The van der Waals surface area contributed by atoms with Crippen LogP contribution < -0.4 is 0 Å². The number of ether oxygens (including phenoxy) is 1. The fourth-order valence-electron chi connectivity index (χ4n) is 1.27. The second-order valence-electron chi connectivity index (χ2n) is 5.74. The molecule has 0 bridgehead atoms. The zero-order chi connectivity index (χ0) is 14.0. The molecule has 0 aliphatic carbocycles. The van der Waals surface area contributed by atoms with Gasteiger partial charge in [0.15, 0.2) is 0 Å². The highest BCUT2D eigenvalue weighted by atomic mass is 17.2. The molecule has 0 amide bonds. The van der Waals surface area contributed by atoms with Gasteiger partial charge in [-0.2, -0.15) is 4.89 Å². The third-order valence-electron chi connectivity index (χ3n) is 2.42. The van der Waals surface area contributed by atoms with Crippen LogP contribution in [0.3, 0.4) is 0 Å². The van der Waals surface area contributed by atoms with Crippen molar-refractivity contribution in [3.05, 3.63) is 0 Å². The molecule has 1 atom stereocenters. The van der Waals surface area contributed by atoms with Gasteiger partial charge in [0.05, 0.1) is 6.61 Å². The molecule has 0 radical (unpaired) electrons. The summed E-state index contributed by atoms with van der Waals surface area (Å²) in [5.74, 6) is -0.227. The van der Waals surface area contributed by atoms with Crippen LogP contribution >= 0.6 is 0 Å². The lowest BCUT2D eigenvalue weighted by atomic mass is 9.93. The highest BCUT2D eigenvalue weighted by Crippen LogP contribution is 2.18. The monoisotopic (exact) mass is 260 g/mol. The minimum Gasteiger partial charge on any atom is -0.433 e. The fourth-order valence-corrected chi connectivity index (χ4v) is 1.27. The number of carbonyl (C=O) groups excluding carboxylic acids is 1. The van der Waals surface area contributed by atoms with Crippen LogP contribution in [-0.4, -0.2) is 18.9 Å². The first kappa shape index (κ1) is 17.4. The van der Waals surface area contributed by atoms with Crippen LogP contribution in [0, 0.1) is 5.41 Å². The Kier molecular flexibility index (Phi) is 9.02. The molecule has 0 aliphatic rings. The molecule has 108 valence electrons. The third kappa shape index (κ3) is 11.9. The average Bonchev–Trinajstić information content (AvgIpc) is 2.23. The summed E-state index contributed by atoms with van der Waals surface area (Å²) < 4.78 is 5.04. The van der Waals surface area contributed by atoms with E-state index in [0.29, 0.717) is 13.0 Å². The Morgan fingerprint density at radius 3 is 2.44 bits per heavy atom. The molecule has 0 heterocycles. The standard InChI is InChI=1S/C14H28O4/c1-6-7-8-9-13(15)17-12(2)18-16-11-10-14(3,4)5/h12H,6-11H2,1-5H3. The topological polar surface area (TPSA) is 44.8 Å². The van der Waals surface area contributed by atoms with E-state index < -0.39 is 6.29 Å². The van der Waals surface area contributed by atoms with Crippen molar-refractivity contribution < 1.29 is 19.3 Å². The van der Waals surface area contributed by atoms with E-state index in [1.807, 2.05) is 0 Å². The van der Waals surface area contributed by atoms with Gasteiger partial charge in [-0.25, -0.2) is 4.89 Å². The van der Waals surface area contributed by atoms with Gasteiger partial charge >= 0.3 is 5.97 Å². The molecule has 0 aromatic carbocycles. The minimum atomic E-state index is -0.640. The molecule has 0 aromatic rings. The zero-order valence-corrected chi connectivity index (χ0v) is 12.5. The van der Waals surface area contributed by atoms with Gasteiger partial charge < -0.3 is 4.74 Å². The number of hydrogen-bond acceptors (Lipinski definition) is 4. The van der Waals surface area contributed by atoms with Gasteiger partial charge in [-0.3, -0.25) is 4.79 Å². The van der Waals surface area contributed by atoms with Crippen molar-refractivity contribution in [2.45, 2.75) is 73.0 Å². The van der Waals surface area contributed by atoms with E-state index in [2.05, 4.69) is 27.7 Å². The van der Waals surface area contributed by atoms with Crippen LogP contribution in [0.15, 0.2) is 0 Å². The van der Waals surface area contributed by atoms with Crippen molar-refractivity contribution in [3.8, 4) is 0 Å². The molecule has 0 aliphatic heterocycles. The number of rotatable bonds is 9. The maximum Gasteiger partial charge on any atom is 0.308 e. The van der Waals surface area contributed by atoms with Crippen molar-refractivity contribution in [2.75, 3.05) is 6.61 Å². The number of carbonyl (C=O) groups is 1. The first-order chi connectivity index (χ1) is 8.35. The van der Waals surface area contributed by atoms with Crippen molar-refractivity contribution in [1.82, 2.24) is 0 Å². The number of esters is 1. The summed E-state index contributed by atoms with van der Waals surface area (Å²) in [6, 6.07) is 0. The molecule has 0 saturated carbocycles. The summed E-state index contributed by atoms with van der Waals surface area (Å²) in [4.78, 5) is 21.4. The van der Waals surface area contributed by atoms with Crippen LogP contribution in [0.25, 0.3) is 0 Å². The lowest BCUT2D eigenvalue weighted by Gasteiger charge is -2.18. The molecule has 0 fully saturated rings. The predicted molar refractivity (Wildman–Crippen MR) is 70.8 cm³/mol. The molecular weight excluding hydrogens is 232 g/mol. The normalized spacial score (nSPS) is 13.4. The van der Waals surface area contributed by atoms with Crippen LogP contribution in [0.2, 0.25) is 0 Å². The summed E-state index contributed by atoms with van der Waals surface area (Å²) in [5.41, 5.74) is 0.212. The van der Waals surface area contributed by atoms with Crippen LogP contribution in [0.5, 0.6) is 0 Å². The molecule has 1 unspecified atom stereocenters. The molecular formula is C14H28O4. The van der Waals surface area contributed by atoms with Crippen molar-refractivity contribution >= 4 is 5.97 Å². The molecule has 18 heavy (non-hydrogen) atoms. The van der Waals surface area contributed by atoms with E-state index in [4.69, 9.17) is 14.5 Å². The van der Waals surface area contributed by atoms with E-state index in [1.54, 1.807) is 6.92 Å². The summed E-state index contributed by atoms with van der Waals surface area (Å²) in [5, 5.41) is 0. The summed E-state index contributed by atoms with van der Waals surface area (Å²) >= 11 is 0. The molecule has 0 aromatic heterocycles. The predicted octanol–water partition coefficient (Wildman–Crippen LogP) is 3.84. The van der Waals surface area contributed by atoms with Crippen molar-refractivity contribution in [3.63, 3.8) is 0 Å². The lowest BCUT2D eigenvalue weighted by molar-refractivity contribution is -0.367. The zero-order valence-electron chi connectivity index (χ0n) is 12.5. The van der Waals surface area contributed by atoms with Gasteiger partial charge in [0.25, 0.3) is 0 Å². The van der Waals surface area contributed by atoms with Gasteiger partial charge in [-0.05, 0) is 18.3 Å². The average molecular weight is 260 g/mol. The lowest BCUT2D eigenvalue weighted by Crippen LogP contribution is -2.19. The first-order valence-corrected chi connectivity index (χ1v) is 6.83. The van der Waals surface area contributed by atoms with Crippen LogP contribution in [-0.2, 0) is 19.3 Å². The molecule has 0 spiro atoms. The number of hydrogen-bond donors (Lipinski definition) is 0. The largest absolute Gasteiger partial charge is 0.433 e. The third-order valence-corrected chi connectivity index (χ3v) is 2.42. The van der Waals surface area contributed by atoms with Gasteiger partial charge in [-0.15, -0.1) is 0 Å². The van der Waals surface area contributed by atoms with Crippen molar-refractivity contribution in [1.29, 1.82) is 0 Å². The van der Waals surface area contributed by atoms with Gasteiger partial charge in [0.1, 0.15) is 0 Å². The smallest absolute Gasteiger partial charge is 0.308 e. The number of unbranched alkanes of at least 4 members (excludes halogenated alkanes) is 2. The molecule has 0 N–H and O–H groups in total. The van der Waals surface area contributed by atoms with Gasteiger partial charge in [0, 0.05) is 13.3 Å². The first-order valence-electron chi connectivity index (χ1n) is 6.83. The Labute approximate surface area is 111 Å². The van der Waals surface area contributed by atoms with Gasteiger partial charge in [-0.1, -0.05) is 40.5 Å². The Morgan fingerprint density at radius 1 is 1.22 bits per heavy atom. The van der Waals surface area contributed by atoms with E-state index in [9.17, 15) is 4.79 Å². The van der Waals surface area contributed by atoms with E-state index >= 15 is 0 Å². The Hall–Kier alpha value is -0.610. The Bertz CT molecular complexity index is 220. The quantitative estimate of drug-likeness (QED) is 0.208. The maximum absolute atomic E-state index is 11.4. The van der Waals surface area contributed by atoms with E-state index in [0.717, 1.165) is 25.7 Å². The maximum atomic E-state index is 11.4. The summed E-state index contributed by atoms with van der Waals surface area (Å²) in [6.07, 6.45) is 3.71. The highest BCUT2D eigenvalue weighted by Gasteiger charge is 2.12. The van der Waals surface area contributed by atoms with E-state index in [1.165, 1.54) is 0 Å². The minimum absolute atomic E-state index is 0.212. The summed E-state index contributed by atoms with van der Waals surface area (Å²) in [7, 11) is 0. The second-order valence-corrected chi connectivity index (χ2v) is 5.74. The molecule has 4 nitrogen and oxygen atoms in total. The molecule has 0 rings (SSSR count). The molecule has 4 heteroatoms. The summed E-state index contributed by atoms with van der Waals surface area (Å²) in [6.45, 7) is 10.7. The van der Waals surface area contributed by atoms with Crippen LogP contribution in [0.1, 0.15) is 66.7 Å². The Balaban J connectivity index is 3.52. The Morgan fingerprint density at radius 2 is 1.89 bits per heavy atom. The highest BCUT2D eigenvalue weighted by molar-refractivity contribution is 5.69. The van der Waals surface area contributed by atoms with Gasteiger partial charge in [0.2, 0.25) is 6.29 Å². The van der Waals surface area contributed by atoms with E-state index in [-0.39, 0.29) is 11.4 Å². The van der Waals surface area contributed by atoms with Crippen molar-refractivity contribution in [2.24, 2.45) is 5.41 Å². The van der Waals surface area contributed by atoms with Crippen LogP contribution in [0.4, 0.5) is 0 Å². The second kappa shape index (κ2) is 9.34. The SMILES string of the molecule is CCCCCC(=O)OC(C)OOCCC(C)(C)C. The fraction of sp³-hybridized carbons (Fsp3) is 0.929. The molecule has 0 saturated heterocycles.